The fraction of sp³-hybridized carbons (Fsp3) is 0.400. The number of aliphatic hydroxyl groups is 1. The van der Waals surface area contributed by atoms with E-state index in [-0.39, 0.29) is 11.8 Å². The largest absolute Gasteiger partial charge is 0.434 e. The van der Waals surface area contributed by atoms with Crippen LogP contribution in [0.3, 0.4) is 0 Å². The van der Waals surface area contributed by atoms with Crippen molar-refractivity contribution in [2.45, 2.75) is 51.4 Å². The molecule has 1 aliphatic rings. The molecule has 2 atom stereocenters. The van der Waals surface area contributed by atoms with E-state index < -0.39 is 12.7 Å². The molecule has 3 aromatic rings. The van der Waals surface area contributed by atoms with Crippen LogP contribution in [0, 0.1) is 6.92 Å². The van der Waals surface area contributed by atoms with Crippen molar-refractivity contribution in [3.63, 3.8) is 0 Å². The molecule has 1 aromatic carbocycles. The number of fused-ring (bicyclic) bond motifs is 1. The summed E-state index contributed by atoms with van der Waals surface area (Å²) in [6.45, 7) is -1.12. The first-order valence-corrected chi connectivity index (χ1v) is 9.37. The zero-order valence-corrected chi connectivity index (χ0v) is 15.5. The topological polar surface area (TPSA) is 71.7 Å². The number of aliphatic hydroxyl groups excluding tert-OH is 1. The van der Waals surface area contributed by atoms with Crippen LogP contribution < -0.4 is 10.1 Å². The number of anilines is 1. The highest BCUT2D eigenvalue weighted by atomic mass is 19.3. The molecule has 0 spiro atoms. The first-order valence-electron chi connectivity index (χ1n) is 9.37. The Bertz CT molecular complexity index is 976. The van der Waals surface area contributed by atoms with Crippen LogP contribution in [0.5, 0.6) is 5.75 Å². The van der Waals surface area contributed by atoms with E-state index in [1.807, 2.05) is 35.7 Å². The van der Waals surface area contributed by atoms with E-state index in [1.54, 1.807) is 12.1 Å². The Hall–Kier alpha value is -2.74. The molecule has 8 heteroatoms. The number of halogens is 2. The van der Waals surface area contributed by atoms with Crippen LogP contribution in [0.15, 0.2) is 36.5 Å². The summed E-state index contributed by atoms with van der Waals surface area (Å²) in [7, 11) is 0. The van der Waals surface area contributed by atoms with Gasteiger partial charge < -0.3 is 15.2 Å². The molecule has 6 nitrogen and oxygen atoms in total. The number of nitrogens with zero attached hydrogens (tertiary/aromatic N) is 3. The summed E-state index contributed by atoms with van der Waals surface area (Å²) < 4.78 is 32.3. The lowest BCUT2D eigenvalue weighted by Gasteiger charge is -2.28. The van der Waals surface area contributed by atoms with Crippen molar-refractivity contribution in [3.8, 4) is 17.0 Å². The Labute approximate surface area is 161 Å². The Morgan fingerprint density at radius 2 is 2.04 bits per heavy atom. The second kappa shape index (κ2) is 7.71. The number of aromatic nitrogens is 3. The zero-order chi connectivity index (χ0) is 19.7. The summed E-state index contributed by atoms with van der Waals surface area (Å²) in [5.74, 6) is 0.578. The quantitative estimate of drug-likeness (QED) is 0.691. The van der Waals surface area contributed by atoms with E-state index in [0.717, 1.165) is 31.2 Å². The van der Waals surface area contributed by atoms with Gasteiger partial charge in [0.1, 0.15) is 11.4 Å². The standard InChI is InChI=1S/C20H22F2N4O2/c1-12-8-9-13(17(11-12)28-19(21)22)18-15-6-4-10-26(15)20(25-24-18)23-14-5-2-3-7-16(14)27/h4,6,8-11,14,16,19,27H,2-3,5,7H2,1H3,(H,23,25)/t14-,16-/m1/s1. The Morgan fingerprint density at radius 3 is 2.82 bits per heavy atom. The molecule has 0 aliphatic heterocycles. The highest BCUT2D eigenvalue weighted by Gasteiger charge is 2.25. The van der Waals surface area contributed by atoms with Crippen LogP contribution in [-0.2, 0) is 0 Å². The summed E-state index contributed by atoms with van der Waals surface area (Å²) in [6.07, 6.45) is 5.08. The summed E-state index contributed by atoms with van der Waals surface area (Å²) in [5.41, 5.74) is 2.43. The van der Waals surface area contributed by atoms with Gasteiger partial charge in [-0.1, -0.05) is 18.9 Å². The molecule has 2 N–H and O–H groups in total. The lowest BCUT2D eigenvalue weighted by molar-refractivity contribution is -0.0494. The maximum atomic E-state index is 12.9. The van der Waals surface area contributed by atoms with Crippen molar-refractivity contribution in [3.05, 3.63) is 42.1 Å². The highest BCUT2D eigenvalue weighted by Crippen LogP contribution is 2.34. The Balaban J connectivity index is 1.74. The molecule has 0 saturated heterocycles. The molecule has 28 heavy (non-hydrogen) atoms. The number of rotatable bonds is 5. The molecule has 0 unspecified atom stereocenters. The van der Waals surface area contributed by atoms with Crippen LogP contribution in [0.25, 0.3) is 16.8 Å². The fourth-order valence-corrected chi connectivity index (χ4v) is 3.71. The van der Waals surface area contributed by atoms with Gasteiger partial charge in [0.05, 0.1) is 17.7 Å². The van der Waals surface area contributed by atoms with Crippen LogP contribution in [0.4, 0.5) is 14.7 Å². The van der Waals surface area contributed by atoms with Crippen molar-refractivity contribution in [1.82, 2.24) is 14.6 Å². The molecular formula is C20H22F2N4O2. The smallest absolute Gasteiger partial charge is 0.387 e. The van der Waals surface area contributed by atoms with Crippen LogP contribution in [0.2, 0.25) is 0 Å². The molecule has 2 aromatic heterocycles. The third-order valence-corrected chi connectivity index (χ3v) is 5.12. The molecule has 0 radical (unpaired) electrons. The predicted molar refractivity (Wildman–Crippen MR) is 102 cm³/mol. The average Bonchev–Trinajstić information content (AvgIpc) is 3.14. The summed E-state index contributed by atoms with van der Waals surface area (Å²) in [4.78, 5) is 0. The molecule has 0 bridgehead atoms. The number of nitrogens with one attached hydrogen (secondary N) is 1. The van der Waals surface area contributed by atoms with Gasteiger partial charge in [0.15, 0.2) is 0 Å². The number of benzene rings is 1. The zero-order valence-electron chi connectivity index (χ0n) is 15.5. The number of hydrogen-bond donors (Lipinski definition) is 2. The van der Waals surface area contributed by atoms with Crippen molar-refractivity contribution >= 4 is 11.5 Å². The van der Waals surface area contributed by atoms with Gasteiger partial charge >= 0.3 is 6.61 Å². The average molecular weight is 388 g/mol. The van der Waals surface area contributed by atoms with E-state index in [9.17, 15) is 13.9 Å². The van der Waals surface area contributed by atoms with Gasteiger partial charge in [0, 0.05) is 11.8 Å². The van der Waals surface area contributed by atoms with E-state index in [2.05, 4.69) is 15.5 Å². The molecule has 1 saturated carbocycles. The normalized spacial score (nSPS) is 19.9. The molecule has 1 aliphatic carbocycles. The molecule has 0 amide bonds. The lowest BCUT2D eigenvalue weighted by Crippen LogP contribution is -2.37. The summed E-state index contributed by atoms with van der Waals surface area (Å²) >= 11 is 0. The maximum Gasteiger partial charge on any atom is 0.387 e. The minimum Gasteiger partial charge on any atom is -0.434 e. The van der Waals surface area contributed by atoms with Gasteiger partial charge in [-0.25, -0.2) is 0 Å². The van der Waals surface area contributed by atoms with Gasteiger partial charge in [0.25, 0.3) is 0 Å². The second-order valence-electron chi connectivity index (χ2n) is 7.12. The molecule has 1 fully saturated rings. The van der Waals surface area contributed by atoms with Crippen molar-refractivity contribution in [2.24, 2.45) is 0 Å². The van der Waals surface area contributed by atoms with E-state index in [4.69, 9.17) is 4.74 Å². The van der Waals surface area contributed by atoms with Crippen LogP contribution in [-0.4, -0.2) is 38.5 Å². The highest BCUT2D eigenvalue weighted by molar-refractivity contribution is 5.81. The second-order valence-corrected chi connectivity index (χ2v) is 7.12. The number of ether oxygens (including phenoxy) is 1. The monoisotopic (exact) mass is 388 g/mol. The van der Waals surface area contributed by atoms with Crippen molar-refractivity contribution < 1.29 is 18.6 Å². The fourth-order valence-electron chi connectivity index (χ4n) is 3.71. The minimum atomic E-state index is -2.93. The Morgan fingerprint density at radius 1 is 1.21 bits per heavy atom. The van der Waals surface area contributed by atoms with Gasteiger partial charge in [0.2, 0.25) is 5.95 Å². The number of aryl methyl sites for hydroxylation is 1. The molecule has 4 rings (SSSR count). The molecular weight excluding hydrogens is 366 g/mol. The van der Waals surface area contributed by atoms with E-state index in [0.29, 0.717) is 22.7 Å². The third kappa shape index (κ3) is 3.64. The predicted octanol–water partition coefficient (Wildman–Crippen LogP) is 4.02. The first kappa shape index (κ1) is 18.6. The van der Waals surface area contributed by atoms with Crippen LogP contribution in [0.1, 0.15) is 31.2 Å². The maximum absolute atomic E-state index is 12.9. The Kier molecular flexibility index (Phi) is 5.13. The summed E-state index contributed by atoms with van der Waals surface area (Å²) in [6, 6.07) is 8.69. The van der Waals surface area contributed by atoms with Gasteiger partial charge in [-0.05, 0) is 49.6 Å². The molecule has 2 heterocycles. The molecule has 148 valence electrons. The lowest BCUT2D eigenvalue weighted by atomic mass is 9.93. The van der Waals surface area contributed by atoms with E-state index >= 15 is 0 Å². The van der Waals surface area contributed by atoms with Crippen LogP contribution >= 0.6 is 0 Å². The number of alkyl halides is 2. The van der Waals surface area contributed by atoms with Gasteiger partial charge in [-0.15, -0.1) is 10.2 Å². The summed E-state index contributed by atoms with van der Waals surface area (Å²) in [5, 5.41) is 22.1. The van der Waals surface area contributed by atoms with Crippen molar-refractivity contribution in [2.75, 3.05) is 5.32 Å². The SMILES string of the molecule is Cc1ccc(-c2nnc(N[C@@H]3CCCC[C@H]3O)n3cccc23)c(OC(F)F)c1. The third-order valence-electron chi connectivity index (χ3n) is 5.12. The first-order chi connectivity index (χ1) is 13.5. The number of hydrogen-bond acceptors (Lipinski definition) is 5. The van der Waals surface area contributed by atoms with E-state index in [1.165, 1.54) is 0 Å². The van der Waals surface area contributed by atoms with Gasteiger partial charge in [-0.2, -0.15) is 8.78 Å². The minimum absolute atomic E-state index is 0.0656. The van der Waals surface area contributed by atoms with Gasteiger partial charge in [-0.3, -0.25) is 4.40 Å². The van der Waals surface area contributed by atoms with Crippen molar-refractivity contribution in [1.29, 1.82) is 0 Å².